The Bertz CT molecular complexity index is 1040. The first kappa shape index (κ1) is 27.3. The third-order valence-electron chi connectivity index (χ3n) is 5.48. The molecule has 33 heavy (non-hydrogen) atoms. The molecule has 2 rings (SSSR count). The highest BCUT2D eigenvalue weighted by atomic mass is 32.2. The summed E-state index contributed by atoms with van der Waals surface area (Å²) in [4.78, 5) is -1.46. The SMILES string of the molecule is CCCCCCCCCCCCc1ccccc1Oc1c(S(=O)(=O)O)cccc1S(=O)(=O)O. The fraction of sp³-hybridized carbons (Fsp3) is 0.500. The van der Waals surface area contributed by atoms with Gasteiger partial charge < -0.3 is 4.74 Å². The van der Waals surface area contributed by atoms with Crippen LogP contribution in [0.15, 0.2) is 52.3 Å². The van der Waals surface area contributed by atoms with Crippen molar-refractivity contribution >= 4 is 20.2 Å². The number of rotatable bonds is 15. The summed E-state index contributed by atoms with van der Waals surface area (Å²) in [5.74, 6) is -0.354. The highest BCUT2D eigenvalue weighted by Crippen LogP contribution is 2.36. The van der Waals surface area contributed by atoms with E-state index in [4.69, 9.17) is 4.74 Å². The minimum atomic E-state index is -4.79. The molecule has 0 aliphatic heterocycles. The molecule has 0 amide bonds. The molecule has 0 unspecified atom stereocenters. The zero-order valence-electron chi connectivity index (χ0n) is 19.1. The van der Waals surface area contributed by atoms with Gasteiger partial charge in [0.05, 0.1) is 0 Å². The molecule has 0 heterocycles. The Morgan fingerprint density at radius 1 is 0.667 bits per heavy atom. The van der Waals surface area contributed by atoms with Gasteiger partial charge in [0.15, 0.2) is 5.75 Å². The molecule has 0 radical (unpaired) electrons. The summed E-state index contributed by atoms with van der Waals surface area (Å²) in [6, 6.07) is 10.1. The average molecular weight is 499 g/mol. The summed E-state index contributed by atoms with van der Waals surface area (Å²) >= 11 is 0. The number of hydrogen-bond acceptors (Lipinski definition) is 5. The van der Waals surface area contributed by atoms with Crippen LogP contribution in [-0.4, -0.2) is 25.9 Å². The summed E-state index contributed by atoms with van der Waals surface area (Å²) in [5.41, 5.74) is 0.781. The highest BCUT2D eigenvalue weighted by molar-refractivity contribution is 7.86. The highest BCUT2D eigenvalue weighted by Gasteiger charge is 2.26. The lowest BCUT2D eigenvalue weighted by atomic mass is 10.0. The lowest BCUT2D eigenvalue weighted by Gasteiger charge is -2.15. The minimum absolute atomic E-state index is 0.273. The van der Waals surface area contributed by atoms with E-state index >= 15 is 0 Å². The summed E-state index contributed by atoms with van der Waals surface area (Å²) in [6.45, 7) is 2.21. The smallest absolute Gasteiger partial charge is 0.298 e. The molecule has 0 fully saturated rings. The van der Waals surface area contributed by atoms with E-state index in [0.29, 0.717) is 6.42 Å². The van der Waals surface area contributed by atoms with E-state index in [1.807, 2.05) is 12.1 Å². The van der Waals surface area contributed by atoms with Crippen molar-refractivity contribution in [1.29, 1.82) is 0 Å². The molecule has 0 saturated heterocycles. The van der Waals surface area contributed by atoms with Gasteiger partial charge in [-0.3, -0.25) is 9.11 Å². The molecule has 0 saturated carbocycles. The fourth-order valence-corrected chi connectivity index (χ4v) is 5.06. The Labute approximate surface area is 197 Å². The molecular formula is C24H34O7S2. The number of unbranched alkanes of at least 4 members (excludes halogenated alkanes) is 9. The van der Waals surface area contributed by atoms with Crippen LogP contribution >= 0.6 is 0 Å². The van der Waals surface area contributed by atoms with Crippen LogP contribution in [0, 0.1) is 0 Å². The van der Waals surface area contributed by atoms with Gasteiger partial charge in [-0.25, -0.2) is 0 Å². The van der Waals surface area contributed by atoms with Gasteiger partial charge in [0, 0.05) is 0 Å². The number of hydrogen-bond donors (Lipinski definition) is 2. The van der Waals surface area contributed by atoms with Gasteiger partial charge in [0.1, 0.15) is 15.5 Å². The molecule has 0 bridgehead atoms. The summed E-state index contributed by atoms with van der Waals surface area (Å²) in [7, 11) is -9.57. The van der Waals surface area contributed by atoms with Crippen LogP contribution in [0.3, 0.4) is 0 Å². The molecule has 0 atom stereocenters. The maximum atomic E-state index is 11.8. The molecular weight excluding hydrogens is 464 g/mol. The molecule has 0 aliphatic rings. The fourth-order valence-electron chi connectivity index (χ4n) is 3.73. The molecule has 0 aliphatic carbocycles. The monoisotopic (exact) mass is 498 g/mol. The van der Waals surface area contributed by atoms with Crippen molar-refractivity contribution in [2.45, 2.75) is 87.3 Å². The van der Waals surface area contributed by atoms with E-state index in [9.17, 15) is 25.9 Å². The topological polar surface area (TPSA) is 118 Å². The molecule has 2 N–H and O–H groups in total. The molecule has 2 aromatic carbocycles. The van der Waals surface area contributed by atoms with Gasteiger partial charge in [0.25, 0.3) is 20.2 Å². The van der Waals surface area contributed by atoms with E-state index in [2.05, 4.69) is 6.92 Å². The second-order valence-corrected chi connectivity index (χ2v) is 11.0. The van der Waals surface area contributed by atoms with Crippen molar-refractivity contribution in [2.24, 2.45) is 0 Å². The second kappa shape index (κ2) is 13.1. The van der Waals surface area contributed by atoms with Gasteiger partial charge >= 0.3 is 0 Å². The van der Waals surface area contributed by atoms with Crippen molar-refractivity contribution < 1.29 is 30.7 Å². The number of aryl methyl sites for hydroxylation is 1. The summed E-state index contributed by atoms with van der Waals surface area (Å²) in [6.07, 6.45) is 12.6. The molecule has 7 nitrogen and oxygen atoms in total. The Morgan fingerprint density at radius 2 is 1.15 bits per heavy atom. The van der Waals surface area contributed by atoms with Crippen molar-refractivity contribution in [3.05, 3.63) is 48.0 Å². The first-order chi connectivity index (χ1) is 15.6. The van der Waals surface area contributed by atoms with Gasteiger partial charge in [-0.2, -0.15) is 16.8 Å². The quantitative estimate of drug-likeness (QED) is 0.214. The summed E-state index contributed by atoms with van der Waals surface area (Å²) < 4.78 is 71.9. The van der Waals surface area contributed by atoms with Crippen LogP contribution in [0.5, 0.6) is 11.5 Å². The number of ether oxygens (including phenoxy) is 1. The third-order valence-corrected chi connectivity index (χ3v) is 7.24. The van der Waals surface area contributed by atoms with Gasteiger partial charge in [0.2, 0.25) is 0 Å². The predicted octanol–water partition coefficient (Wildman–Crippen LogP) is 6.44. The Balaban J connectivity index is 2.04. The van der Waals surface area contributed by atoms with E-state index in [1.54, 1.807) is 12.1 Å². The zero-order valence-corrected chi connectivity index (χ0v) is 20.7. The molecule has 0 aromatic heterocycles. The minimum Gasteiger partial charge on any atom is -0.454 e. The van der Waals surface area contributed by atoms with Gasteiger partial charge in [-0.05, 0) is 36.6 Å². The maximum Gasteiger partial charge on any atom is 0.298 e. The van der Waals surface area contributed by atoms with Crippen LogP contribution in [0.4, 0.5) is 0 Å². The predicted molar refractivity (Wildman–Crippen MR) is 128 cm³/mol. The summed E-state index contributed by atoms with van der Waals surface area (Å²) in [5, 5.41) is 0. The Kier molecular flexibility index (Phi) is 10.8. The number of benzene rings is 2. The van der Waals surface area contributed by atoms with Crippen molar-refractivity contribution in [1.82, 2.24) is 0 Å². The zero-order chi connectivity index (χ0) is 24.3. The van der Waals surface area contributed by atoms with Gasteiger partial charge in [-0.1, -0.05) is 89.0 Å². The van der Waals surface area contributed by atoms with Crippen LogP contribution < -0.4 is 4.74 Å². The molecule has 2 aromatic rings. The van der Waals surface area contributed by atoms with Crippen LogP contribution in [-0.2, 0) is 26.7 Å². The largest absolute Gasteiger partial charge is 0.454 e. The average Bonchev–Trinajstić information content (AvgIpc) is 2.74. The van der Waals surface area contributed by atoms with Gasteiger partial charge in [-0.15, -0.1) is 0 Å². The Hall–Kier alpha value is -1.94. The van der Waals surface area contributed by atoms with Crippen molar-refractivity contribution in [2.75, 3.05) is 0 Å². The van der Waals surface area contributed by atoms with Crippen LogP contribution in [0.1, 0.15) is 76.7 Å². The van der Waals surface area contributed by atoms with Crippen LogP contribution in [0.25, 0.3) is 0 Å². The number of para-hydroxylation sites is 2. The maximum absolute atomic E-state index is 11.8. The first-order valence-electron chi connectivity index (χ1n) is 11.5. The standard InChI is InChI=1S/C24H34O7S2/c1-2-3-4-5-6-7-8-9-10-11-15-20-16-12-13-17-21(20)31-24-22(32(25,26)27)18-14-19-23(24)33(28,29)30/h12-14,16-19H,2-11,15H2,1H3,(H,25,26,27)(H,28,29,30). The van der Waals surface area contributed by atoms with E-state index in [0.717, 1.165) is 43.0 Å². The lowest BCUT2D eigenvalue weighted by molar-refractivity contribution is 0.426. The molecule has 9 heteroatoms. The lowest BCUT2D eigenvalue weighted by Crippen LogP contribution is -2.08. The van der Waals surface area contributed by atoms with Crippen LogP contribution in [0.2, 0.25) is 0 Å². The van der Waals surface area contributed by atoms with E-state index < -0.39 is 35.8 Å². The normalized spacial score (nSPS) is 12.1. The Morgan fingerprint density at radius 3 is 1.67 bits per heavy atom. The van der Waals surface area contributed by atoms with Crippen molar-refractivity contribution in [3.63, 3.8) is 0 Å². The van der Waals surface area contributed by atoms with Crippen molar-refractivity contribution in [3.8, 4) is 11.5 Å². The third kappa shape index (κ3) is 9.08. The van der Waals surface area contributed by atoms with E-state index in [-0.39, 0.29) is 5.75 Å². The second-order valence-electron chi connectivity index (χ2n) is 8.18. The van der Waals surface area contributed by atoms with E-state index in [1.165, 1.54) is 44.9 Å². The first-order valence-corrected chi connectivity index (χ1v) is 14.4. The molecule has 0 spiro atoms. The molecule has 184 valence electrons.